The van der Waals surface area contributed by atoms with Gasteiger partial charge in [-0.25, -0.2) is 39.5 Å². The van der Waals surface area contributed by atoms with Crippen molar-refractivity contribution in [2.45, 2.75) is 11.8 Å². The Morgan fingerprint density at radius 3 is 1.91 bits per heavy atom. The van der Waals surface area contributed by atoms with Crippen LogP contribution >= 0.6 is 0 Å². The van der Waals surface area contributed by atoms with Crippen molar-refractivity contribution in [1.29, 1.82) is 0 Å². The minimum atomic E-state index is -4.25. The van der Waals surface area contributed by atoms with Crippen LogP contribution in [0.4, 0.5) is 39.5 Å². The maximum atomic E-state index is 13.7. The largest absolute Gasteiger partial charge is 0.374 e. The third kappa shape index (κ3) is 1.93. The Labute approximate surface area is 116 Å². The van der Waals surface area contributed by atoms with Gasteiger partial charge in [0.25, 0.3) is 0 Å². The van der Waals surface area contributed by atoms with Gasteiger partial charge >= 0.3 is 0 Å². The summed E-state index contributed by atoms with van der Waals surface area (Å²) in [5, 5.41) is 9.67. The van der Waals surface area contributed by atoms with Crippen LogP contribution in [0, 0.1) is 23.3 Å². The zero-order valence-electron chi connectivity index (χ0n) is 10.0. The van der Waals surface area contributed by atoms with Crippen LogP contribution in [0.3, 0.4) is 0 Å². The van der Waals surface area contributed by atoms with Gasteiger partial charge < -0.3 is 5.11 Å². The molecule has 0 aliphatic heterocycles. The second kappa shape index (κ2) is 5.04. The van der Waals surface area contributed by atoms with Crippen LogP contribution in [0.1, 0.15) is 5.56 Å². The van der Waals surface area contributed by atoms with Crippen molar-refractivity contribution in [3.05, 3.63) is 58.2 Å². The molecule has 0 saturated heterocycles. The summed E-state index contributed by atoms with van der Waals surface area (Å²) in [6, 6.07) is -0.399. The fourth-order valence-electron chi connectivity index (χ4n) is 1.88. The molecule has 1 aromatic rings. The number of aliphatic hydroxyl groups is 1. The molecule has 2 unspecified atom stereocenters. The number of alkyl halides is 1. The van der Waals surface area contributed by atoms with E-state index in [1.54, 1.807) is 0 Å². The number of hydrogen-bond donors (Lipinski definition) is 1. The molecule has 0 fully saturated rings. The molecule has 2 atom stereocenters. The molecular formula is C12H3F9O. The molecule has 10 heteroatoms. The molecular weight excluding hydrogens is 331 g/mol. The van der Waals surface area contributed by atoms with Gasteiger partial charge in [0.1, 0.15) is 0 Å². The van der Waals surface area contributed by atoms with E-state index in [1.165, 1.54) is 0 Å². The average Bonchev–Trinajstić information content (AvgIpc) is 2.50. The highest BCUT2D eigenvalue weighted by atomic mass is 19.2. The van der Waals surface area contributed by atoms with Crippen LogP contribution in [-0.4, -0.2) is 11.3 Å². The van der Waals surface area contributed by atoms with E-state index in [0.29, 0.717) is 0 Å². The van der Waals surface area contributed by atoms with E-state index in [-0.39, 0.29) is 0 Å². The van der Waals surface area contributed by atoms with E-state index in [4.69, 9.17) is 0 Å². The van der Waals surface area contributed by atoms with E-state index >= 15 is 0 Å². The predicted octanol–water partition coefficient (Wildman–Crippen LogP) is 4.08. The quantitative estimate of drug-likeness (QED) is 0.466. The first-order valence-corrected chi connectivity index (χ1v) is 5.36. The third-order valence-electron chi connectivity index (χ3n) is 3.03. The molecule has 1 nitrogen and oxygen atoms in total. The highest BCUT2D eigenvalue weighted by molar-refractivity contribution is 5.45. The van der Waals surface area contributed by atoms with Crippen molar-refractivity contribution >= 4 is 0 Å². The van der Waals surface area contributed by atoms with Gasteiger partial charge in [-0.15, -0.1) is 0 Å². The van der Waals surface area contributed by atoms with E-state index in [9.17, 15) is 44.6 Å². The van der Waals surface area contributed by atoms with Crippen LogP contribution in [0.25, 0.3) is 0 Å². The monoisotopic (exact) mass is 334 g/mol. The summed E-state index contributed by atoms with van der Waals surface area (Å²) in [5.41, 5.74) is -6.23. The first-order valence-electron chi connectivity index (χ1n) is 5.36. The van der Waals surface area contributed by atoms with E-state index in [0.717, 1.165) is 0 Å². The second-order valence-corrected chi connectivity index (χ2v) is 4.27. The molecule has 0 amide bonds. The molecule has 2 rings (SSSR count). The SMILES string of the molecule is OC1(c2cc(F)c(F)c(F)c2F)C(F)=C(F)C(F)=C(F)C1F. The van der Waals surface area contributed by atoms with Gasteiger partial charge in [-0.3, -0.25) is 0 Å². The minimum absolute atomic E-state index is 0.399. The first kappa shape index (κ1) is 16.4. The van der Waals surface area contributed by atoms with Gasteiger partial charge in [0.15, 0.2) is 58.3 Å². The van der Waals surface area contributed by atoms with Crippen LogP contribution in [-0.2, 0) is 5.60 Å². The second-order valence-electron chi connectivity index (χ2n) is 4.27. The normalized spacial score (nSPS) is 26.0. The first-order chi connectivity index (χ1) is 10.0. The number of rotatable bonds is 1. The summed E-state index contributed by atoms with van der Waals surface area (Å²) in [5.74, 6) is -20.5. The summed E-state index contributed by atoms with van der Waals surface area (Å²) < 4.78 is 119. The molecule has 1 aromatic carbocycles. The Morgan fingerprint density at radius 1 is 0.818 bits per heavy atom. The lowest BCUT2D eigenvalue weighted by molar-refractivity contribution is -0.0306. The molecule has 0 spiro atoms. The van der Waals surface area contributed by atoms with E-state index < -0.39 is 70.0 Å². The molecule has 120 valence electrons. The minimum Gasteiger partial charge on any atom is -0.374 e. The van der Waals surface area contributed by atoms with Gasteiger partial charge in [0.05, 0.1) is 0 Å². The van der Waals surface area contributed by atoms with Crippen molar-refractivity contribution in [2.75, 3.05) is 0 Å². The van der Waals surface area contributed by atoms with Crippen LogP contribution in [0.5, 0.6) is 0 Å². The Kier molecular flexibility index (Phi) is 3.76. The lowest BCUT2D eigenvalue weighted by Gasteiger charge is -2.32. The Hall–Kier alpha value is -1.97. The highest BCUT2D eigenvalue weighted by Gasteiger charge is 2.55. The average molecular weight is 334 g/mol. The molecule has 0 saturated carbocycles. The maximum absolute atomic E-state index is 13.7. The molecule has 0 radical (unpaired) electrons. The van der Waals surface area contributed by atoms with Crippen molar-refractivity contribution < 1.29 is 44.6 Å². The fraction of sp³-hybridized carbons (Fsp3) is 0.167. The van der Waals surface area contributed by atoms with Gasteiger partial charge in [-0.2, -0.15) is 0 Å². The Bertz CT molecular complexity index is 724. The Morgan fingerprint density at radius 2 is 1.36 bits per heavy atom. The van der Waals surface area contributed by atoms with Gasteiger partial charge in [-0.1, -0.05) is 0 Å². The molecule has 1 aliphatic carbocycles. The van der Waals surface area contributed by atoms with Crippen molar-refractivity contribution in [3.63, 3.8) is 0 Å². The van der Waals surface area contributed by atoms with E-state index in [1.807, 2.05) is 0 Å². The third-order valence-corrected chi connectivity index (χ3v) is 3.03. The molecule has 1 N–H and O–H groups in total. The summed E-state index contributed by atoms with van der Waals surface area (Å²) in [7, 11) is 0. The van der Waals surface area contributed by atoms with Gasteiger partial charge in [-0.05, 0) is 6.07 Å². The molecule has 0 heterocycles. The lowest BCUT2D eigenvalue weighted by Crippen LogP contribution is -2.42. The zero-order valence-corrected chi connectivity index (χ0v) is 10.0. The highest BCUT2D eigenvalue weighted by Crippen LogP contribution is 2.48. The standard InChI is InChI=1S/C12H3F9O/c13-3-1-2(4(14)6(16)5(3)15)12(22)10(20)8(18)7(17)9(19)11(12)21/h1,10,22H. The molecule has 0 bridgehead atoms. The van der Waals surface area contributed by atoms with Crippen molar-refractivity contribution in [2.24, 2.45) is 0 Å². The smallest absolute Gasteiger partial charge is 0.197 e. The van der Waals surface area contributed by atoms with Crippen LogP contribution in [0.2, 0.25) is 0 Å². The topological polar surface area (TPSA) is 20.2 Å². The number of hydrogen-bond acceptors (Lipinski definition) is 1. The fourth-order valence-corrected chi connectivity index (χ4v) is 1.88. The Balaban J connectivity index is 2.82. The molecule has 1 aliphatic rings. The summed E-state index contributed by atoms with van der Waals surface area (Å²) in [4.78, 5) is 0. The van der Waals surface area contributed by atoms with Crippen molar-refractivity contribution in [1.82, 2.24) is 0 Å². The van der Waals surface area contributed by atoms with E-state index in [2.05, 4.69) is 0 Å². The molecule has 22 heavy (non-hydrogen) atoms. The summed E-state index contributed by atoms with van der Waals surface area (Å²) in [6.07, 6.45) is -3.76. The summed E-state index contributed by atoms with van der Waals surface area (Å²) >= 11 is 0. The predicted molar refractivity (Wildman–Crippen MR) is 53.6 cm³/mol. The lowest BCUT2D eigenvalue weighted by atomic mass is 9.83. The maximum Gasteiger partial charge on any atom is 0.197 e. The van der Waals surface area contributed by atoms with Gasteiger partial charge in [0, 0.05) is 5.56 Å². The van der Waals surface area contributed by atoms with Gasteiger partial charge in [0.2, 0.25) is 0 Å². The van der Waals surface area contributed by atoms with Crippen LogP contribution < -0.4 is 0 Å². The van der Waals surface area contributed by atoms with Crippen LogP contribution in [0.15, 0.2) is 29.4 Å². The molecule has 0 aromatic heterocycles. The summed E-state index contributed by atoms with van der Waals surface area (Å²) in [6.45, 7) is 0. The number of halogens is 9. The number of benzene rings is 1. The number of allylic oxidation sites excluding steroid dienone is 2. The van der Waals surface area contributed by atoms with Crippen molar-refractivity contribution in [3.8, 4) is 0 Å². The zero-order chi connectivity index (χ0) is 17.0.